The molecule has 7 heteroatoms. The average Bonchev–Trinajstić information content (AvgIpc) is 3.22. The Kier molecular flexibility index (Phi) is 5.52. The fraction of sp³-hybridized carbons (Fsp3) is 0.130. The van der Waals surface area contributed by atoms with Crippen LogP contribution in [0.2, 0.25) is 0 Å². The summed E-state index contributed by atoms with van der Waals surface area (Å²) in [7, 11) is 3.17. The minimum Gasteiger partial charge on any atom is -0.497 e. The van der Waals surface area contributed by atoms with E-state index in [2.05, 4.69) is 15.3 Å². The lowest BCUT2D eigenvalue weighted by Gasteiger charge is -2.07. The summed E-state index contributed by atoms with van der Waals surface area (Å²) in [6.45, 7) is 0.336. The van der Waals surface area contributed by atoms with Crippen LogP contribution in [-0.4, -0.2) is 30.1 Å². The monoisotopic (exact) mass is 403 g/mol. The zero-order valence-corrected chi connectivity index (χ0v) is 16.6. The molecular weight excluding hydrogens is 382 g/mol. The van der Waals surface area contributed by atoms with Gasteiger partial charge in [-0.3, -0.25) is 4.79 Å². The van der Waals surface area contributed by atoms with Crippen molar-refractivity contribution >= 4 is 16.8 Å². The number of nitrogens with one attached hydrogen (secondary N) is 2. The summed E-state index contributed by atoms with van der Waals surface area (Å²) in [5, 5.41) is 3.74. The predicted molar refractivity (Wildman–Crippen MR) is 113 cm³/mol. The van der Waals surface area contributed by atoms with E-state index in [-0.39, 0.29) is 5.91 Å². The first kappa shape index (κ1) is 19.3. The predicted octanol–water partition coefficient (Wildman–Crippen LogP) is 4.30. The Morgan fingerprint density at radius 1 is 1.00 bits per heavy atom. The number of para-hydroxylation sites is 1. The number of fused-ring (bicyclic) bond motifs is 1. The Labute approximate surface area is 173 Å². The minimum atomic E-state index is -0.227. The van der Waals surface area contributed by atoms with Crippen LogP contribution in [0.3, 0.4) is 0 Å². The van der Waals surface area contributed by atoms with Gasteiger partial charge in [0.1, 0.15) is 22.9 Å². The summed E-state index contributed by atoms with van der Waals surface area (Å²) in [6.07, 6.45) is 1.65. The van der Waals surface area contributed by atoms with E-state index in [9.17, 15) is 4.79 Å². The van der Waals surface area contributed by atoms with Crippen molar-refractivity contribution in [3.05, 3.63) is 78.1 Å². The van der Waals surface area contributed by atoms with Crippen molar-refractivity contribution in [1.82, 2.24) is 15.3 Å². The summed E-state index contributed by atoms with van der Waals surface area (Å²) >= 11 is 0. The molecule has 0 atom stereocenters. The van der Waals surface area contributed by atoms with Gasteiger partial charge < -0.3 is 24.5 Å². The number of ether oxygens (including phenoxy) is 3. The van der Waals surface area contributed by atoms with E-state index in [1.807, 2.05) is 42.5 Å². The van der Waals surface area contributed by atoms with E-state index >= 15 is 0 Å². The van der Waals surface area contributed by atoms with E-state index < -0.39 is 0 Å². The summed E-state index contributed by atoms with van der Waals surface area (Å²) in [4.78, 5) is 20.0. The van der Waals surface area contributed by atoms with Crippen molar-refractivity contribution in [3.63, 3.8) is 0 Å². The zero-order chi connectivity index (χ0) is 20.9. The Bertz CT molecular complexity index is 1170. The molecule has 0 aliphatic rings. The smallest absolute Gasteiger partial charge is 0.267 e. The lowest BCUT2D eigenvalue weighted by molar-refractivity contribution is 0.0946. The molecule has 0 unspecified atom stereocenters. The van der Waals surface area contributed by atoms with E-state index in [0.29, 0.717) is 35.4 Å². The van der Waals surface area contributed by atoms with Crippen molar-refractivity contribution in [1.29, 1.82) is 0 Å². The molecule has 0 saturated carbocycles. The number of nitrogens with zero attached hydrogens (tertiary/aromatic N) is 1. The number of benzene rings is 2. The fourth-order valence-electron chi connectivity index (χ4n) is 3.09. The topological polar surface area (TPSA) is 85.5 Å². The maximum atomic E-state index is 12.7. The Balaban J connectivity index is 1.46. The van der Waals surface area contributed by atoms with Crippen LogP contribution in [0, 0.1) is 0 Å². The van der Waals surface area contributed by atoms with E-state index in [0.717, 1.165) is 16.5 Å². The van der Waals surface area contributed by atoms with Crippen molar-refractivity contribution in [3.8, 4) is 23.1 Å². The molecule has 0 saturated heterocycles. The van der Waals surface area contributed by atoms with E-state index in [1.54, 1.807) is 38.6 Å². The van der Waals surface area contributed by atoms with Crippen molar-refractivity contribution in [2.75, 3.05) is 14.2 Å². The highest BCUT2D eigenvalue weighted by molar-refractivity contribution is 5.99. The molecule has 0 spiro atoms. The van der Waals surface area contributed by atoms with Crippen LogP contribution in [0.4, 0.5) is 0 Å². The van der Waals surface area contributed by atoms with Gasteiger partial charge in [0.25, 0.3) is 5.91 Å². The van der Waals surface area contributed by atoms with Crippen molar-refractivity contribution in [2.24, 2.45) is 0 Å². The first-order chi connectivity index (χ1) is 14.7. The highest BCUT2D eigenvalue weighted by atomic mass is 16.5. The average molecular weight is 403 g/mol. The molecular formula is C23H21N3O4. The molecule has 0 aliphatic carbocycles. The third-order valence-corrected chi connectivity index (χ3v) is 4.58. The second kappa shape index (κ2) is 8.57. The number of H-pyrrole nitrogens is 1. The Morgan fingerprint density at radius 2 is 1.83 bits per heavy atom. The molecule has 1 amide bonds. The molecule has 4 rings (SSSR count). The highest BCUT2D eigenvalue weighted by Gasteiger charge is 2.14. The number of pyridine rings is 1. The van der Waals surface area contributed by atoms with Gasteiger partial charge in [0.15, 0.2) is 0 Å². The van der Waals surface area contributed by atoms with Gasteiger partial charge in [-0.05, 0) is 35.9 Å². The van der Waals surface area contributed by atoms with Gasteiger partial charge in [0.05, 0.1) is 19.7 Å². The molecule has 7 nitrogen and oxygen atoms in total. The Hall–Kier alpha value is -4.00. The van der Waals surface area contributed by atoms with Crippen LogP contribution in [0.1, 0.15) is 16.1 Å². The van der Waals surface area contributed by atoms with Crippen LogP contribution in [0.15, 0.2) is 66.9 Å². The number of hydrogen-bond donors (Lipinski definition) is 2. The molecule has 0 bridgehead atoms. The first-order valence-corrected chi connectivity index (χ1v) is 9.37. The van der Waals surface area contributed by atoms with Gasteiger partial charge in [0.2, 0.25) is 5.88 Å². The highest BCUT2D eigenvalue weighted by Crippen LogP contribution is 2.31. The number of carbonyl (C=O) groups is 1. The third kappa shape index (κ3) is 4.20. The normalized spacial score (nSPS) is 10.6. The summed E-state index contributed by atoms with van der Waals surface area (Å²) in [5.74, 6) is 2.21. The van der Waals surface area contributed by atoms with Crippen LogP contribution in [0.5, 0.6) is 23.1 Å². The van der Waals surface area contributed by atoms with Gasteiger partial charge >= 0.3 is 0 Å². The molecule has 0 radical (unpaired) electrons. The van der Waals surface area contributed by atoms with Crippen LogP contribution in [0.25, 0.3) is 10.9 Å². The molecule has 0 fully saturated rings. The number of hydrogen-bond acceptors (Lipinski definition) is 5. The number of rotatable bonds is 7. The Morgan fingerprint density at radius 3 is 2.60 bits per heavy atom. The summed E-state index contributed by atoms with van der Waals surface area (Å²) < 4.78 is 16.4. The number of carbonyl (C=O) groups excluding carboxylic acids is 1. The standard InChI is InChI=1S/C23H21N3O4/c1-28-18-11-16-12-19(26-22(16)20(13-18)29-2)23(27)25-14-15-8-9-24-21(10-15)30-17-6-4-3-5-7-17/h3-13,26H,14H2,1-2H3,(H,25,27). The number of aromatic amines is 1. The molecule has 4 aromatic rings. The van der Waals surface area contributed by atoms with E-state index in [4.69, 9.17) is 14.2 Å². The molecule has 2 aromatic heterocycles. The van der Waals surface area contributed by atoms with Crippen LogP contribution >= 0.6 is 0 Å². The van der Waals surface area contributed by atoms with Gasteiger partial charge in [-0.15, -0.1) is 0 Å². The molecule has 0 aliphatic heterocycles. The molecule has 2 aromatic carbocycles. The largest absolute Gasteiger partial charge is 0.497 e. The fourth-order valence-corrected chi connectivity index (χ4v) is 3.09. The van der Waals surface area contributed by atoms with Crippen molar-refractivity contribution < 1.29 is 19.0 Å². The number of amides is 1. The quantitative estimate of drug-likeness (QED) is 0.480. The number of methoxy groups -OCH3 is 2. The number of aromatic nitrogens is 2. The van der Waals surface area contributed by atoms with Gasteiger partial charge in [-0.25, -0.2) is 4.98 Å². The zero-order valence-electron chi connectivity index (χ0n) is 16.6. The SMILES string of the molecule is COc1cc(OC)c2[nH]c(C(=O)NCc3ccnc(Oc4ccccc4)c3)cc2c1. The maximum absolute atomic E-state index is 12.7. The minimum absolute atomic E-state index is 0.227. The maximum Gasteiger partial charge on any atom is 0.267 e. The molecule has 2 heterocycles. The molecule has 152 valence electrons. The van der Waals surface area contributed by atoms with Gasteiger partial charge in [-0.1, -0.05) is 18.2 Å². The second-order valence-electron chi connectivity index (χ2n) is 6.58. The van der Waals surface area contributed by atoms with Crippen LogP contribution < -0.4 is 19.5 Å². The summed E-state index contributed by atoms with van der Waals surface area (Å²) in [5.41, 5.74) is 2.05. The molecule has 2 N–H and O–H groups in total. The lowest BCUT2D eigenvalue weighted by Crippen LogP contribution is -2.23. The third-order valence-electron chi connectivity index (χ3n) is 4.58. The van der Waals surface area contributed by atoms with E-state index in [1.165, 1.54) is 0 Å². The second-order valence-corrected chi connectivity index (χ2v) is 6.58. The van der Waals surface area contributed by atoms with Gasteiger partial charge in [-0.2, -0.15) is 0 Å². The van der Waals surface area contributed by atoms with Gasteiger partial charge in [0, 0.05) is 30.3 Å². The molecule has 30 heavy (non-hydrogen) atoms. The summed E-state index contributed by atoms with van der Waals surface area (Å²) in [6, 6.07) is 18.4. The van der Waals surface area contributed by atoms with Crippen molar-refractivity contribution in [2.45, 2.75) is 6.54 Å². The van der Waals surface area contributed by atoms with Crippen LogP contribution in [-0.2, 0) is 6.54 Å². The lowest BCUT2D eigenvalue weighted by atomic mass is 10.2. The first-order valence-electron chi connectivity index (χ1n) is 9.37.